The molecular formula is C11H11Cl2N3O2S. The minimum atomic E-state index is -3.71. The van der Waals surface area contributed by atoms with Crippen LogP contribution in [0.2, 0.25) is 10.0 Å². The fourth-order valence-electron chi connectivity index (χ4n) is 1.57. The first-order valence-electron chi connectivity index (χ1n) is 5.27. The fraction of sp³-hybridized carbons (Fsp3) is 0.182. The summed E-state index contributed by atoms with van der Waals surface area (Å²) < 4.78 is 28.3. The zero-order valence-corrected chi connectivity index (χ0v) is 12.5. The lowest BCUT2D eigenvalue weighted by Crippen LogP contribution is -2.13. The molecule has 0 radical (unpaired) electrons. The quantitative estimate of drug-likeness (QED) is 0.946. The largest absolute Gasteiger partial charge is 0.279 e. The third-order valence-corrected chi connectivity index (χ3v) is 4.52. The highest BCUT2D eigenvalue weighted by atomic mass is 35.5. The van der Waals surface area contributed by atoms with Crippen molar-refractivity contribution in [1.29, 1.82) is 0 Å². The Hall–Kier alpha value is -1.24. The van der Waals surface area contributed by atoms with Gasteiger partial charge >= 0.3 is 0 Å². The van der Waals surface area contributed by atoms with Crippen LogP contribution in [0.25, 0.3) is 0 Å². The maximum atomic E-state index is 12.2. The Balaban J connectivity index is 2.39. The van der Waals surface area contributed by atoms with Crippen LogP contribution in [0.15, 0.2) is 29.3 Å². The van der Waals surface area contributed by atoms with E-state index in [-0.39, 0.29) is 4.90 Å². The van der Waals surface area contributed by atoms with Gasteiger partial charge in [0, 0.05) is 17.1 Å². The SMILES string of the molecule is Cc1c(S(=O)(=O)Nc2cc(Cl)cc(Cl)c2)cnn1C. The summed E-state index contributed by atoms with van der Waals surface area (Å²) in [6.07, 6.45) is 1.30. The van der Waals surface area contributed by atoms with Crippen molar-refractivity contribution in [2.24, 2.45) is 7.05 Å². The van der Waals surface area contributed by atoms with Crippen molar-refractivity contribution in [1.82, 2.24) is 9.78 Å². The predicted molar refractivity (Wildman–Crippen MR) is 75.2 cm³/mol. The van der Waals surface area contributed by atoms with Gasteiger partial charge in [0.05, 0.1) is 17.6 Å². The summed E-state index contributed by atoms with van der Waals surface area (Å²) in [5, 5.41) is 4.61. The van der Waals surface area contributed by atoms with Gasteiger partial charge in [-0.25, -0.2) is 8.42 Å². The molecule has 0 spiro atoms. The molecular weight excluding hydrogens is 309 g/mol. The summed E-state index contributed by atoms with van der Waals surface area (Å²) in [5.41, 5.74) is 0.848. The molecule has 0 unspecified atom stereocenters. The van der Waals surface area contributed by atoms with Gasteiger partial charge in [-0.15, -0.1) is 0 Å². The molecule has 0 aliphatic heterocycles. The number of halogens is 2. The number of sulfonamides is 1. The molecule has 1 heterocycles. The number of aryl methyl sites for hydroxylation is 1. The minimum Gasteiger partial charge on any atom is -0.279 e. The van der Waals surface area contributed by atoms with Crippen LogP contribution in [-0.2, 0) is 17.1 Å². The zero-order valence-electron chi connectivity index (χ0n) is 10.2. The van der Waals surface area contributed by atoms with Crippen molar-refractivity contribution in [3.63, 3.8) is 0 Å². The average molecular weight is 320 g/mol. The minimum absolute atomic E-state index is 0.117. The van der Waals surface area contributed by atoms with Gasteiger partial charge in [0.25, 0.3) is 10.0 Å². The first-order chi connectivity index (χ1) is 8.79. The van der Waals surface area contributed by atoms with Crippen molar-refractivity contribution in [2.75, 3.05) is 4.72 Å². The van der Waals surface area contributed by atoms with Crippen molar-refractivity contribution < 1.29 is 8.42 Å². The van der Waals surface area contributed by atoms with E-state index in [4.69, 9.17) is 23.2 Å². The average Bonchev–Trinajstić information content (AvgIpc) is 2.57. The molecule has 2 aromatic rings. The predicted octanol–water partition coefficient (Wildman–Crippen LogP) is 2.84. The molecule has 1 N–H and O–H groups in total. The second-order valence-electron chi connectivity index (χ2n) is 3.98. The van der Waals surface area contributed by atoms with Crippen LogP contribution in [-0.4, -0.2) is 18.2 Å². The van der Waals surface area contributed by atoms with Crippen LogP contribution in [0.5, 0.6) is 0 Å². The van der Waals surface area contributed by atoms with E-state index in [1.165, 1.54) is 29.1 Å². The molecule has 2 rings (SSSR count). The zero-order chi connectivity index (χ0) is 14.2. The maximum Gasteiger partial charge on any atom is 0.265 e. The molecule has 102 valence electrons. The summed E-state index contributed by atoms with van der Waals surface area (Å²) in [6, 6.07) is 4.49. The van der Waals surface area contributed by atoms with Crippen molar-refractivity contribution in [3.05, 3.63) is 40.1 Å². The standard InChI is InChI=1S/C11H11Cl2N3O2S/c1-7-11(6-14-16(7)2)19(17,18)15-10-4-8(12)3-9(13)5-10/h3-6,15H,1-2H3. The molecule has 0 aliphatic carbocycles. The van der Waals surface area contributed by atoms with E-state index in [1.54, 1.807) is 14.0 Å². The van der Waals surface area contributed by atoms with Gasteiger partial charge in [0.1, 0.15) is 4.90 Å². The Labute approximate surface area is 121 Å². The van der Waals surface area contributed by atoms with E-state index in [0.29, 0.717) is 21.4 Å². The lowest BCUT2D eigenvalue weighted by Gasteiger charge is -2.08. The molecule has 0 fully saturated rings. The molecule has 5 nitrogen and oxygen atoms in total. The van der Waals surface area contributed by atoms with E-state index in [1.807, 2.05) is 0 Å². The molecule has 0 bridgehead atoms. The topological polar surface area (TPSA) is 64.0 Å². The Bertz CT molecular complexity index is 705. The van der Waals surface area contributed by atoms with Gasteiger partial charge in [0.2, 0.25) is 0 Å². The van der Waals surface area contributed by atoms with Crippen LogP contribution in [0.4, 0.5) is 5.69 Å². The number of nitrogens with zero attached hydrogens (tertiary/aromatic N) is 2. The monoisotopic (exact) mass is 319 g/mol. The molecule has 0 saturated carbocycles. The first kappa shape index (κ1) is 14.2. The van der Waals surface area contributed by atoms with Crippen LogP contribution < -0.4 is 4.72 Å². The van der Waals surface area contributed by atoms with Gasteiger partial charge in [-0.05, 0) is 25.1 Å². The van der Waals surface area contributed by atoms with E-state index < -0.39 is 10.0 Å². The number of nitrogens with one attached hydrogen (secondary N) is 1. The molecule has 0 aliphatic rings. The number of benzene rings is 1. The lowest BCUT2D eigenvalue weighted by molar-refractivity contribution is 0.600. The normalized spacial score (nSPS) is 11.6. The third-order valence-electron chi connectivity index (χ3n) is 2.59. The van der Waals surface area contributed by atoms with E-state index in [9.17, 15) is 8.42 Å². The van der Waals surface area contributed by atoms with Crippen LogP contribution in [0.3, 0.4) is 0 Å². The Morgan fingerprint density at radius 3 is 2.26 bits per heavy atom. The highest BCUT2D eigenvalue weighted by Crippen LogP contribution is 2.25. The Morgan fingerprint density at radius 1 is 1.21 bits per heavy atom. The van der Waals surface area contributed by atoms with Gasteiger partial charge < -0.3 is 0 Å². The number of rotatable bonds is 3. The van der Waals surface area contributed by atoms with E-state index in [0.717, 1.165) is 0 Å². The molecule has 1 aromatic heterocycles. The van der Waals surface area contributed by atoms with Gasteiger partial charge in [-0.3, -0.25) is 9.40 Å². The molecule has 8 heteroatoms. The highest BCUT2D eigenvalue weighted by molar-refractivity contribution is 7.92. The Morgan fingerprint density at radius 2 is 1.79 bits per heavy atom. The summed E-state index contributed by atoms with van der Waals surface area (Å²) in [5.74, 6) is 0. The molecule has 0 atom stereocenters. The lowest BCUT2D eigenvalue weighted by atomic mass is 10.3. The van der Waals surface area contributed by atoms with Crippen molar-refractivity contribution in [3.8, 4) is 0 Å². The van der Waals surface area contributed by atoms with Crippen LogP contribution in [0.1, 0.15) is 5.69 Å². The van der Waals surface area contributed by atoms with Crippen LogP contribution >= 0.6 is 23.2 Å². The molecule has 19 heavy (non-hydrogen) atoms. The molecule has 1 aromatic carbocycles. The maximum absolute atomic E-state index is 12.2. The fourth-order valence-corrected chi connectivity index (χ4v) is 3.34. The number of anilines is 1. The van der Waals surface area contributed by atoms with E-state index >= 15 is 0 Å². The summed E-state index contributed by atoms with van der Waals surface area (Å²) in [7, 11) is -2.04. The van der Waals surface area contributed by atoms with Crippen LogP contribution in [0, 0.1) is 6.92 Å². The van der Waals surface area contributed by atoms with Gasteiger partial charge in [-0.1, -0.05) is 23.2 Å². The van der Waals surface area contributed by atoms with Gasteiger partial charge in [-0.2, -0.15) is 5.10 Å². The number of hydrogen-bond donors (Lipinski definition) is 1. The highest BCUT2D eigenvalue weighted by Gasteiger charge is 2.20. The van der Waals surface area contributed by atoms with Crippen molar-refractivity contribution in [2.45, 2.75) is 11.8 Å². The second-order valence-corrected chi connectivity index (χ2v) is 6.51. The third kappa shape index (κ3) is 3.02. The second kappa shape index (κ2) is 5.03. The number of hydrogen-bond acceptors (Lipinski definition) is 3. The summed E-state index contributed by atoms with van der Waals surface area (Å²) in [6.45, 7) is 1.67. The Kier molecular flexibility index (Phi) is 3.75. The van der Waals surface area contributed by atoms with Gasteiger partial charge in [0.15, 0.2) is 0 Å². The first-order valence-corrected chi connectivity index (χ1v) is 7.51. The molecule has 0 saturated heterocycles. The summed E-state index contributed by atoms with van der Waals surface area (Å²) >= 11 is 11.6. The van der Waals surface area contributed by atoms with Crippen molar-refractivity contribution >= 4 is 38.9 Å². The smallest absolute Gasteiger partial charge is 0.265 e. The summed E-state index contributed by atoms with van der Waals surface area (Å²) in [4.78, 5) is 0.117. The number of aromatic nitrogens is 2. The van der Waals surface area contributed by atoms with E-state index in [2.05, 4.69) is 9.82 Å². The molecule has 0 amide bonds.